The molecule has 0 aromatic rings. The molecule has 0 saturated heterocycles. The molecule has 4 aliphatic carbocycles. The molecular formula is C32H47N3O7. The highest BCUT2D eigenvalue weighted by Gasteiger charge is 2.63. The zero-order chi connectivity index (χ0) is 31.0. The fourth-order valence-electron chi connectivity index (χ4n) is 8.45. The molecule has 0 heterocycles. The van der Waals surface area contributed by atoms with Crippen LogP contribution in [0, 0.1) is 46.8 Å². The van der Waals surface area contributed by atoms with Crippen molar-refractivity contribution in [3.05, 3.63) is 11.6 Å². The molecule has 9 atom stereocenters. The molecular weight excluding hydrogens is 538 g/mol. The lowest BCUT2D eigenvalue weighted by atomic mass is 9.46. The summed E-state index contributed by atoms with van der Waals surface area (Å²) in [5, 5.41) is 39.2. The number of hydrogen-bond donors (Lipinski definition) is 5. The van der Waals surface area contributed by atoms with Crippen molar-refractivity contribution in [1.29, 1.82) is 0 Å². The highest BCUT2D eigenvalue weighted by atomic mass is 16.6. The van der Waals surface area contributed by atoms with Crippen LogP contribution in [0.25, 0.3) is 0 Å². The van der Waals surface area contributed by atoms with Crippen LogP contribution in [-0.2, 0) is 19.2 Å². The number of carbonyl (C=O) groups is 3. The highest BCUT2D eigenvalue weighted by Crippen LogP contribution is 2.67. The number of carbonyl (C=O) groups excluding carboxylic acids is 2. The standard InChI is InChI=1S/C32H47N3O7/c1-7-32(41)15-12-24-22-9-8-20-16-21(10-13-30(20,5)23(22)11-14-31(24,32)6)35-42-17-25(37)33-26(18(2)3)28(38)34-27(19(4)36)29(39)40/h1,16,18-19,22-24,26-27,36,41H,8-15,17H2,2-6H3,(H,33,37)(H,34,38)(H,39,40)/b35-21+/t19?,22?,23?,24?,26?,27?,30-,31-,32+/m0/s1. The van der Waals surface area contributed by atoms with Crippen LogP contribution < -0.4 is 10.6 Å². The zero-order valence-corrected chi connectivity index (χ0v) is 25.5. The first-order valence-electron chi connectivity index (χ1n) is 15.3. The van der Waals surface area contributed by atoms with E-state index in [2.05, 4.69) is 41.6 Å². The summed E-state index contributed by atoms with van der Waals surface area (Å²) in [6.45, 7) is 8.89. The number of aliphatic hydroxyl groups is 2. The topological polar surface area (TPSA) is 158 Å². The van der Waals surface area contributed by atoms with E-state index in [1.807, 2.05) is 0 Å². The molecule has 2 amide bonds. The molecule has 0 aromatic carbocycles. The van der Waals surface area contributed by atoms with Crippen LogP contribution >= 0.6 is 0 Å². The lowest BCUT2D eigenvalue weighted by Crippen LogP contribution is -2.56. The van der Waals surface area contributed by atoms with E-state index in [0.717, 1.165) is 50.7 Å². The number of amides is 2. The molecule has 232 valence electrons. The summed E-state index contributed by atoms with van der Waals surface area (Å²) < 4.78 is 0. The average Bonchev–Trinajstić information content (AvgIpc) is 3.20. The highest BCUT2D eigenvalue weighted by molar-refractivity contribution is 5.96. The maximum Gasteiger partial charge on any atom is 0.328 e. The maximum atomic E-state index is 12.7. The molecule has 0 radical (unpaired) electrons. The van der Waals surface area contributed by atoms with Crippen molar-refractivity contribution in [1.82, 2.24) is 10.6 Å². The fourth-order valence-corrected chi connectivity index (χ4v) is 8.45. The molecule has 10 nitrogen and oxygen atoms in total. The summed E-state index contributed by atoms with van der Waals surface area (Å²) in [5.74, 6) is 1.31. The fraction of sp³-hybridized carbons (Fsp3) is 0.750. The Morgan fingerprint density at radius 1 is 1.07 bits per heavy atom. The second-order valence-corrected chi connectivity index (χ2v) is 13.7. The molecule has 4 rings (SSSR count). The van der Waals surface area contributed by atoms with E-state index >= 15 is 0 Å². The third-order valence-electron chi connectivity index (χ3n) is 11.1. The van der Waals surface area contributed by atoms with Gasteiger partial charge < -0.3 is 30.8 Å². The first-order chi connectivity index (χ1) is 19.7. The SMILES string of the molecule is C#C[C@@]1(O)CCC2C3CCC4=C/C(=N/OCC(=O)NC(C(=O)NC(C(=O)O)C(C)O)C(C)C)CC[C@]4(C)C3CC[C@@]21C. The Morgan fingerprint density at radius 3 is 2.38 bits per heavy atom. The van der Waals surface area contributed by atoms with Gasteiger partial charge in [-0.3, -0.25) is 9.59 Å². The summed E-state index contributed by atoms with van der Waals surface area (Å²) >= 11 is 0. The van der Waals surface area contributed by atoms with E-state index in [4.69, 9.17) is 11.3 Å². The van der Waals surface area contributed by atoms with E-state index in [1.54, 1.807) is 13.8 Å². The van der Waals surface area contributed by atoms with Gasteiger partial charge in [0.25, 0.3) is 5.91 Å². The number of aliphatic carboxylic acids is 1. The summed E-state index contributed by atoms with van der Waals surface area (Å²) in [4.78, 5) is 42.0. The summed E-state index contributed by atoms with van der Waals surface area (Å²) in [7, 11) is 0. The number of hydrogen-bond acceptors (Lipinski definition) is 7. The Hall–Kier alpha value is -2.90. The van der Waals surface area contributed by atoms with Crippen molar-refractivity contribution in [2.75, 3.05) is 6.61 Å². The number of allylic oxidation sites excluding steroid dienone is 2. The van der Waals surface area contributed by atoms with E-state index in [1.165, 1.54) is 12.5 Å². The largest absolute Gasteiger partial charge is 0.480 e. The lowest BCUT2D eigenvalue weighted by Gasteiger charge is -2.58. The van der Waals surface area contributed by atoms with E-state index in [9.17, 15) is 29.7 Å². The van der Waals surface area contributed by atoms with Crippen LogP contribution in [0.3, 0.4) is 0 Å². The van der Waals surface area contributed by atoms with Crippen LogP contribution in [0.4, 0.5) is 0 Å². The quantitative estimate of drug-likeness (QED) is 0.206. The summed E-state index contributed by atoms with van der Waals surface area (Å²) in [6, 6.07) is -2.49. The van der Waals surface area contributed by atoms with Gasteiger partial charge in [-0.15, -0.1) is 6.42 Å². The molecule has 4 aliphatic rings. The molecule has 0 aromatic heterocycles. The van der Waals surface area contributed by atoms with Crippen LogP contribution in [0.15, 0.2) is 16.8 Å². The molecule has 0 aliphatic heterocycles. The van der Waals surface area contributed by atoms with Crippen LogP contribution in [0.5, 0.6) is 0 Å². The second kappa shape index (κ2) is 12.0. The Kier molecular flexibility index (Phi) is 9.15. The lowest BCUT2D eigenvalue weighted by molar-refractivity contribution is -0.145. The second-order valence-electron chi connectivity index (χ2n) is 13.7. The first kappa shape index (κ1) is 32.0. The minimum atomic E-state index is -1.49. The van der Waals surface area contributed by atoms with Crippen LogP contribution in [0.1, 0.15) is 86.0 Å². The van der Waals surface area contributed by atoms with Gasteiger partial charge in [-0.25, -0.2) is 4.79 Å². The molecule has 3 fully saturated rings. The number of aliphatic hydroxyl groups excluding tert-OH is 1. The van der Waals surface area contributed by atoms with Gasteiger partial charge in [-0.2, -0.15) is 0 Å². The van der Waals surface area contributed by atoms with Crippen molar-refractivity contribution in [3.8, 4) is 12.3 Å². The van der Waals surface area contributed by atoms with E-state index in [0.29, 0.717) is 24.2 Å². The van der Waals surface area contributed by atoms with Crippen molar-refractivity contribution in [3.63, 3.8) is 0 Å². The molecule has 10 heteroatoms. The van der Waals surface area contributed by atoms with Crippen molar-refractivity contribution < 1.29 is 34.5 Å². The molecule has 42 heavy (non-hydrogen) atoms. The number of rotatable bonds is 9. The van der Waals surface area contributed by atoms with Gasteiger partial charge >= 0.3 is 5.97 Å². The zero-order valence-electron chi connectivity index (χ0n) is 25.5. The predicted octanol–water partition coefficient (Wildman–Crippen LogP) is 2.78. The number of fused-ring (bicyclic) bond motifs is 5. The Balaban J connectivity index is 1.36. The van der Waals surface area contributed by atoms with Gasteiger partial charge in [-0.1, -0.05) is 44.3 Å². The van der Waals surface area contributed by atoms with Crippen LogP contribution in [0.2, 0.25) is 0 Å². The van der Waals surface area contributed by atoms with Crippen molar-refractivity contribution >= 4 is 23.5 Å². The third kappa shape index (κ3) is 5.70. The van der Waals surface area contributed by atoms with Gasteiger partial charge in [0.2, 0.25) is 5.91 Å². The molecule has 6 unspecified atom stereocenters. The van der Waals surface area contributed by atoms with E-state index in [-0.39, 0.29) is 23.4 Å². The summed E-state index contributed by atoms with van der Waals surface area (Å²) in [6.07, 6.45) is 14.0. The normalized spacial score (nSPS) is 36.8. The van der Waals surface area contributed by atoms with Crippen LogP contribution in [-0.4, -0.2) is 69.2 Å². The number of carboxylic acids is 1. The average molecular weight is 586 g/mol. The van der Waals surface area contributed by atoms with E-state index < -0.39 is 41.6 Å². The number of nitrogens with zero attached hydrogens (tertiary/aromatic N) is 1. The van der Waals surface area contributed by atoms with Crippen molar-refractivity contribution in [2.24, 2.45) is 39.7 Å². The molecule has 3 saturated carbocycles. The number of terminal acetylenes is 1. The number of oxime groups is 1. The molecule has 5 N–H and O–H groups in total. The monoisotopic (exact) mass is 585 g/mol. The molecule has 0 bridgehead atoms. The Labute approximate surface area is 248 Å². The van der Waals surface area contributed by atoms with Gasteiger partial charge in [-0.05, 0) is 93.5 Å². The third-order valence-corrected chi connectivity index (χ3v) is 11.1. The maximum absolute atomic E-state index is 12.7. The summed E-state index contributed by atoms with van der Waals surface area (Å²) in [5.41, 5.74) is 0.998. The minimum Gasteiger partial charge on any atom is -0.480 e. The van der Waals surface area contributed by atoms with Gasteiger partial charge in [0, 0.05) is 5.41 Å². The number of nitrogens with one attached hydrogen (secondary N) is 2. The van der Waals surface area contributed by atoms with Gasteiger partial charge in [0.15, 0.2) is 12.6 Å². The Morgan fingerprint density at radius 2 is 1.76 bits per heavy atom. The van der Waals surface area contributed by atoms with Crippen molar-refractivity contribution in [2.45, 2.75) is 110 Å². The number of carboxylic acid groups (broad SMARTS) is 1. The predicted molar refractivity (Wildman–Crippen MR) is 157 cm³/mol. The van der Waals surface area contributed by atoms with Gasteiger partial charge in [0.05, 0.1) is 11.8 Å². The Bertz CT molecular complexity index is 1190. The minimum absolute atomic E-state index is 0.0647. The smallest absolute Gasteiger partial charge is 0.328 e. The van der Waals surface area contributed by atoms with Gasteiger partial charge in [0.1, 0.15) is 11.6 Å². The first-order valence-corrected chi connectivity index (χ1v) is 15.3. The molecule has 0 spiro atoms.